The molecule has 27 heavy (non-hydrogen) atoms. The summed E-state index contributed by atoms with van der Waals surface area (Å²) in [5.41, 5.74) is 8.07. The monoisotopic (exact) mass is 357 g/mol. The molecule has 1 heteroatoms. The third kappa shape index (κ3) is 4.60. The fourth-order valence-corrected chi connectivity index (χ4v) is 3.50. The van der Waals surface area contributed by atoms with Crippen molar-refractivity contribution in [3.63, 3.8) is 0 Å². The molecule has 1 nitrogen and oxygen atoms in total. The van der Waals surface area contributed by atoms with Crippen LogP contribution in [0.2, 0.25) is 0 Å². The van der Waals surface area contributed by atoms with E-state index in [1.807, 2.05) is 0 Å². The molecule has 1 aliphatic rings. The molecule has 0 radical (unpaired) electrons. The van der Waals surface area contributed by atoms with Gasteiger partial charge in [0.15, 0.2) is 0 Å². The third-order valence-electron chi connectivity index (χ3n) is 5.54. The smallest absolute Gasteiger partial charge is 0.0361 e. The van der Waals surface area contributed by atoms with Crippen molar-refractivity contribution in [3.8, 4) is 0 Å². The van der Waals surface area contributed by atoms with E-state index in [2.05, 4.69) is 113 Å². The van der Waals surface area contributed by atoms with E-state index in [-0.39, 0.29) is 5.41 Å². The quantitative estimate of drug-likeness (QED) is 0.594. The van der Waals surface area contributed by atoms with Gasteiger partial charge in [-0.3, -0.25) is 0 Å². The summed E-state index contributed by atoms with van der Waals surface area (Å²) in [6.45, 7) is 6.79. The van der Waals surface area contributed by atoms with Gasteiger partial charge in [-0.2, -0.15) is 0 Å². The maximum Gasteiger partial charge on any atom is 0.0361 e. The normalized spacial score (nSPS) is 14.4. The fraction of sp³-hybridized carbons (Fsp3) is 0.308. The van der Waals surface area contributed by atoms with E-state index < -0.39 is 0 Å². The second kappa shape index (κ2) is 8.00. The molecule has 0 N–H and O–H groups in total. The molecule has 0 spiro atoms. The topological polar surface area (TPSA) is 3.24 Å². The Morgan fingerprint density at radius 3 is 2.04 bits per heavy atom. The van der Waals surface area contributed by atoms with Gasteiger partial charge in [0.05, 0.1) is 0 Å². The Morgan fingerprint density at radius 2 is 1.44 bits per heavy atom. The third-order valence-corrected chi connectivity index (χ3v) is 5.54. The molecule has 0 fully saturated rings. The zero-order valence-electron chi connectivity index (χ0n) is 17.3. The zero-order valence-corrected chi connectivity index (χ0v) is 17.3. The Morgan fingerprint density at radius 1 is 0.852 bits per heavy atom. The van der Waals surface area contributed by atoms with E-state index in [0.717, 1.165) is 12.8 Å². The first-order valence-corrected chi connectivity index (χ1v) is 9.76. The lowest BCUT2D eigenvalue weighted by Gasteiger charge is -2.27. The van der Waals surface area contributed by atoms with Gasteiger partial charge in [0.2, 0.25) is 0 Å². The molecule has 0 aliphatic heterocycles. The van der Waals surface area contributed by atoms with Crippen LogP contribution in [0.1, 0.15) is 43.9 Å². The van der Waals surface area contributed by atoms with Gasteiger partial charge < -0.3 is 4.90 Å². The lowest BCUT2D eigenvalue weighted by molar-refractivity contribution is 0.640. The van der Waals surface area contributed by atoms with E-state index >= 15 is 0 Å². The van der Waals surface area contributed by atoms with Crippen LogP contribution >= 0.6 is 0 Å². The van der Waals surface area contributed by atoms with E-state index in [1.54, 1.807) is 0 Å². The van der Waals surface area contributed by atoms with Gasteiger partial charge in [-0.1, -0.05) is 80.1 Å². The Labute approximate surface area is 164 Å². The molecular formula is C26H31N. The summed E-state index contributed by atoms with van der Waals surface area (Å²) in [7, 11) is 4.16. The summed E-state index contributed by atoms with van der Waals surface area (Å²) < 4.78 is 0. The van der Waals surface area contributed by atoms with Gasteiger partial charge in [-0.25, -0.2) is 0 Å². The highest BCUT2D eigenvalue weighted by atomic mass is 15.1. The van der Waals surface area contributed by atoms with Crippen molar-refractivity contribution in [1.29, 1.82) is 0 Å². The van der Waals surface area contributed by atoms with Crippen molar-refractivity contribution in [1.82, 2.24) is 0 Å². The predicted molar refractivity (Wildman–Crippen MR) is 119 cm³/mol. The lowest BCUT2D eigenvalue weighted by atomic mass is 9.78. The number of anilines is 1. The van der Waals surface area contributed by atoms with Gasteiger partial charge >= 0.3 is 0 Å². The van der Waals surface area contributed by atoms with Crippen molar-refractivity contribution >= 4 is 5.69 Å². The van der Waals surface area contributed by atoms with Crippen molar-refractivity contribution < 1.29 is 0 Å². The fourth-order valence-electron chi connectivity index (χ4n) is 3.50. The number of benzene rings is 2. The van der Waals surface area contributed by atoms with E-state index in [0.29, 0.717) is 0 Å². The molecule has 0 aromatic heterocycles. The maximum atomic E-state index is 2.30. The molecule has 0 saturated heterocycles. The molecule has 0 saturated carbocycles. The number of allylic oxidation sites excluding steroid dienone is 6. The average molecular weight is 358 g/mol. The minimum Gasteiger partial charge on any atom is -0.378 e. The summed E-state index contributed by atoms with van der Waals surface area (Å²) in [5.74, 6) is 0. The number of nitrogens with zero attached hydrogens (tertiary/aromatic N) is 1. The Bertz CT molecular complexity index is 859. The van der Waals surface area contributed by atoms with Crippen LogP contribution in [0, 0.1) is 0 Å². The van der Waals surface area contributed by atoms with E-state index in [4.69, 9.17) is 0 Å². The number of hydrogen-bond donors (Lipinski definition) is 0. The van der Waals surface area contributed by atoms with Crippen molar-refractivity contribution in [3.05, 3.63) is 101 Å². The number of hydrogen-bond acceptors (Lipinski definition) is 1. The largest absolute Gasteiger partial charge is 0.378 e. The lowest BCUT2D eigenvalue weighted by Crippen LogP contribution is -2.19. The first kappa shape index (κ1) is 19.2. The molecule has 0 amide bonds. The van der Waals surface area contributed by atoms with Crippen LogP contribution in [-0.4, -0.2) is 14.1 Å². The Balaban J connectivity index is 1.77. The molecule has 0 unspecified atom stereocenters. The van der Waals surface area contributed by atoms with Crippen LogP contribution in [-0.2, 0) is 11.8 Å². The molecule has 0 atom stereocenters. The van der Waals surface area contributed by atoms with Crippen molar-refractivity contribution in [2.24, 2.45) is 0 Å². The van der Waals surface area contributed by atoms with Crippen LogP contribution in [0.3, 0.4) is 0 Å². The van der Waals surface area contributed by atoms with Gasteiger partial charge in [0.25, 0.3) is 0 Å². The first-order chi connectivity index (χ1) is 12.9. The highest BCUT2D eigenvalue weighted by Gasteiger charge is 2.23. The molecule has 1 aliphatic carbocycles. The molecule has 3 rings (SSSR count). The Hall–Kier alpha value is -2.54. The predicted octanol–water partition coefficient (Wildman–Crippen LogP) is 6.45. The van der Waals surface area contributed by atoms with Gasteiger partial charge in [-0.15, -0.1) is 0 Å². The van der Waals surface area contributed by atoms with Gasteiger partial charge in [0.1, 0.15) is 0 Å². The zero-order chi connectivity index (χ0) is 19.4. The van der Waals surface area contributed by atoms with E-state index in [9.17, 15) is 0 Å². The highest BCUT2D eigenvalue weighted by Crippen LogP contribution is 2.32. The van der Waals surface area contributed by atoms with Crippen molar-refractivity contribution in [2.45, 2.75) is 39.0 Å². The second-order valence-corrected chi connectivity index (χ2v) is 8.30. The average Bonchev–Trinajstić information content (AvgIpc) is 2.86. The van der Waals surface area contributed by atoms with E-state index in [1.165, 1.54) is 33.5 Å². The second-order valence-electron chi connectivity index (χ2n) is 8.30. The summed E-state index contributed by atoms with van der Waals surface area (Å²) in [6.07, 6.45) is 11.1. The Kier molecular flexibility index (Phi) is 5.70. The molecule has 2 aromatic carbocycles. The molecule has 0 bridgehead atoms. The standard InChI is InChI=1S/C26H31N/c1-20-7-6-8-21(10-9-20)19-22-11-13-23(14-12-22)26(2,3)24-15-17-25(18-16-24)27(4)5/h6,8-18H,7,19H2,1-5H3. The minimum atomic E-state index is -0.00921. The van der Waals surface area contributed by atoms with Crippen LogP contribution in [0.15, 0.2) is 84.0 Å². The van der Waals surface area contributed by atoms with Crippen molar-refractivity contribution in [2.75, 3.05) is 19.0 Å². The molecule has 0 heterocycles. The van der Waals surface area contributed by atoms with Crippen LogP contribution in [0.5, 0.6) is 0 Å². The summed E-state index contributed by atoms with van der Waals surface area (Å²) in [4.78, 5) is 2.14. The minimum absolute atomic E-state index is 0.00921. The van der Waals surface area contributed by atoms with Crippen LogP contribution < -0.4 is 4.90 Å². The van der Waals surface area contributed by atoms with Crippen LogP contribution in [0.25, 0.3) is 0 Å². The number of rotatable bonds is 5. The molecule has 2 aromatic rings. The highest BCUT2D eigenvalue weighted by molar-refractivity contribution is 5.49. The maximum absolute atomic E-state index is 2.30. The molecule has 140 valence electrons. The van der Waals surface area contributed by atoms with Gasteiger partial charge in [0, 0.05) is 25.2 Å². The summed E-state index contributed by atoms with van der Waals surface area (Å²) in [5, 5.41) is 0. The van der Waals surface area contributed by atoms with Gasteiger partial charge in [-0.05, 0) is 54.2 Å². The summed E-state index contributed by atoms with van der Waals surface area (Å²) >= 11 is 0. The first-order valence-electron chi connectivity index (χ1n) is 9.76. The molecular weight excluding hydrogens is 326 g/mol. The summed E-state index contributed by atoms with van der Waals surface area (Å²) in [6, 6.07) is 18.0. The van der Waals surface area contributed by atoms with Crippen LogP contribution in [0.4, 0.5) is 5.69 Å². The SMILES string of the molecule is CC1=CC=C(Cc2ccc(C(C)(C)c3ccc(N(C)C)cc3)cc2)C=CC1.